The van der Waals surface area contributed by atoms with Gasteiger partial charge in [0.2, 0.25) is 5.91 Å². The van der Waals surface area contributed by atoms with Crippen molar-refractivity contribution in [1.29, 1.82) is 0 Å². The molecule has 2 aliphatic heterocycles. The molecular formula is C24H27F2N3O2. The number of likely N-dealkylation sites (tertiary alicyclic amines) is 1. The molecular weight excluding hydrogens is 400 g/mol. The average molecular weight is 427 g/mol. The van der Waals surface area contributed by atoms with Crippen molar-refractivity contribution in [3.63, 3.8) is 0 Å². The predicted octanol–water partition coefficient (Wildman–Crippen LogP) is 4.45. The standard InChI is InChI=1S/C24H27F2N3O2/c25-19-6-4-18(5-7-19)24(31)29-14-10-17(11-15-29)23(30)27-21-16-20(26)8-9-22(21)28-12-2-1-3-13-28/h4-9,16-17H,1-3,10-15H2,(H,27,30). The highest BCUT2D eigenvalue weighted by Crippen LogP contribution is 2.30. The molecule has 0 spiro atoms. The van der Waals surface area contributed by atoms with Crippen molar-refractivity contribution in [2.45, 2.75) is 32.1 Å². The van der Waals surface area contributed by atoms with Crippen molar-refractivity contribution in [3.05, 3.63) is 59.7 Å². The molecule has 0 radical (unpaired) electrons. The van der Waals surface area contributed by atoms with Gasteiger partial charge in [0.25, 0.3) is 5.91 Å². The van der Waals surface area contributed by atoms with E-state index in [1.165, 1.54) is 42.8 Å². The number of nitrogens with zero attached hydrogens (tertiary/aromatic N) is 2. The number of hydrogen-bond donors (Lipinski definition) is 1. The van der Waals surface area contributed by atoms with Gasteiger partial charge in [-0.3, -0.25) is 9.59 Å². The highest BCUT2D eigenvalue weighted by Gasteiger charge is 2.28. The van der Waals surface area contributed by atoms with E-state index in [1.807, 2.05) is 0 Å². The van der Waals surface area contributed by atoms with Crippen LogP contribution in [0.5, 0.6) is 0 Å². The maximum Gasteiger partial charge on any atom is 0.253 e. The first-order valence-electron chi connectivity index (χ1n) is 10.9. The third kappa shape index (κ3) is 5.03. The number of carbonyl (C=O) groups excluding carboxylic acids is 2. The van der Waals surface area contributed by atoms with E-state index in [0.29, 0.717) is 37.2 Å². The van der Waals surface area contributed by atoms with Gasteiger partial charge >= 0.3 is 0 Å². The van der Waals surface area contributed by atoms with Crippen LogP contribution in [0.1, 0.15) is 42.5 Å². The minimum atomic E-state index is -0.381. The zero-order valence-electron chi connectivity index (χ0n) is 17.4. The summed E-state index contributed by atoms with van der Waals surface area (Å²) in [6.07, 6.45) is 4.44. The van der Waals surface area contributed by atoms with Crippen molar-refractivity contribution in [1.82, 2.24) is 4.90 Å². The highest BCUT2D eigenvalue weighted by atomic mass is 19.1. The van der Waals surface area contributed by atoms with Crippen LogP contribution < -0.4 is 10.2 Å². The monoisotopic (exact) mass is 427 g/mol. The fourth-order valence-corrected chi connectivity index (χ4v) is 4.37. The summed E-state index contributed by atoms with van der Waals surface area (Å²) in [5.41, 5.74) is 1.81. The molecule has 164 valence electrons. The number of benzene rings is 2. The average Bonchev–Trinajstić information content (AvgIpc) is 2.80. The van der Waals surface area contributed by atoms with Gasteiger partial charge in [-0.05, 0) is 74.6 Å². The van der Waals surface area contributed by atoms with Crippen LogP contribution in [0, 0.1) is 17.6 Å². The number of hydrogen-bond acceptors (Lipinski definition) is 3. The van der Waals surface area contributed by atoms with Gasteiger partial charge in [-0.1, -0.05) is 0 Å². The molecule has 0 bridgehead atoms. The van der Waals surface area contributed by atoms with E-state index < -0.39 is 0 Å². The molecule has 1 N–H and O–H groups in total. The second-order valence-corrected chi connectivity index (χ2v) is 8.27. The molecule has 0 unspecified atom stereocenters. The Morgan fingerprint density at radius 3 is 2.16 bits per heavy atom. The van der Waals surface area contributed by atoms with Crippen LogP contribution in [0.2, 0.25) is 0 Å². The first kappa shape index (κ1) is 21.3. The molecule has 2 fully saturated rings. The summed E-state index contributed by atoms with van der Waals surface area (Å²) in [5, 5.41) is 2.93. The third-order valence-corrected chi connectivity index (χ3v) is 6.16. The zero-order valence-corrected chi connectivity index (χ0v) is 17.4. The van der Waals surface area contributed by atoms with Crippen LogP contribution in [-0.4, -0.2) is 42.9 Å². The lowest BCUT2D eigenvalue weighted by Gasteiger charge is -2.33. The van der Waals surface area contributed by atoms with E-state index in [-0.39, 0.29) is 29.4 Å². The second-order valence-electron chi connectivity index (χ2n) is 8.27. The maximum atomic E-state index is 13.9. The molecule has 0 atom stereocenters. The van der Waals surface area contributed by atoms with Crippen molar-refractivity contribution in [2.24, 2.45) is 5.92 Å². The number of rotatable bonds is 4. The molecule has 0 aliphatic carbocycles. The summed E-state index contributed by atoms with van der Waals surface area (Å²) in [7, 11) is 0. The van der Waals surface area contributed by atoms with Crippen molar-refractivity contribution >= 4 is 23.2 Å². The number of halogens is 2. The Labute approximate surface area is 181 Å². The lowest BCUT2D eigenvalue weighted by Crippen LogP contribution is -2.41. The van der Waals surface area contributed by atoms with Gasteiger partial charge in [-0.25, -0.2) is 8.78 Å². The number of piperidine rings is 2. The largest absolute Gasteiger partial charge is 0.370 e. The SMILES string of the molecule is O=C(Nc1cc(F)ccc1N1CCCCC1)C1CCN(C(=O)c2ccc(F)cc2)CC1. The summed E-state index contributed by atoms with van der Waals surface area (Å²) in [5.74, 6) is -1.30. The summed E-state index contributed by atoms with van der Waals surface area (Å²) in [6.45, 7) is 2.71. The molecule has 0 aromatic heterocycles. The minimum Gasteiger partial charge on any atom is -0.370 e. The van der Waals surface area contributed by atoms with E-state index in [4.69, 9.17) is 0 Å². The Hall–Kier alpha value is -2.96. The Balaban J connectivity index is 1.38. The third-order valence-electron chi connectivity index (χ3n) is 6.16. The molecule has 2 aromatic carbocycles. The van der Waals surface area contributed by atoms with Gasteiger partial charge < -0.3 is 15.1 Å². The number of nitrogens with one attached hydrogen (secondary N) is 1. The fourth-order valence-electron chi connectivity index (χ4n) is 4.37. The quantitative estimate of drug-likeness (QED) is 0.785. The second kappa shape index (κ2) is 9.45. The summed E-state index contributed by atoms with van der Waals surface area (Å²) in [6, 6.07) is 10.0. The summed E-state index contributed by atoms with van der Waals surface area (Å²) < 4.78 is 27.0. The predicted molar refractivity (Wildman–Crippen MR) is 116 cm³/mol. The fraction of sp³-hybridized carbons (Fsp3) is 0.417. The molecule has 4 rings (SSSR count). The first-order valence-corrected chi connectivity index (χ1v) is 10.9. The van der Waals surface area contributed by atoms with E-state index in [9.17, 15) is 18.4 Å². The highest BCUT2D eigenvalue weighted by molar-refractivity contribution is 5.97. The lowest BCUT2D eigenvalue weighted by molar-refractivity contribution is -0.121. The van der Waals surface area contributed by atoms with Crippen molar-refractivity contribution < 1.29 is 18.4 Å². The van der Waals surface area contributed by atoms with Crippen LogP contribution in [0.15, 0.2) is 42.5 Å². The lowest BCUT2D eigenvalue weighted by atomic mass is 9.95. The van der Waals surface area contributed by atoms with Crippen LogP contribution in [0.3, 0.4) is 0 Å². The van der Waals surface area contributed by atoms with Crippen LogP contribution in [-0.2, 0) is 4.79 Å². The zero-order chi connectivity index (χ0) is 21.8. The van der Waals surface area contributed by atoms with Crippen LogP contribution >= 0.6 is 0 Å². The molecule has 31 heavy (non-hydrogen) atoms. The van der Waals surface area contributed by atoms with Gasteiger partial charge in [-0.15, -0.1) is 0 Å². The van der Waals surface area contributed by atoms with Gasteiger partial charge in [0.05, 0.1) is 11.4 Å². The molecule has 2 saturated heterocycles. The molecule has 0 saturated carbocycles. The molecule has 2 amide bonds. The topological polar surface area (TPSA) is 52.7 Å². The molecule has 2 heterocycles. The van der Waals surface area contributed by atoms with E-state index in [0.717, 1.165) is 31.6 Å². The van der Waals surface area contributed by atoms with Gasteiger partial charge in [0.15, 0.2) is 0 Å². The van der Waals surface area contributed by atoms with E-state index in [1.54, 1.807) is 11.0 Å². The van der Waals surface area contributed by atoms with Gasteiger partial charge in [-0.2, -0.15) is 0 Å². The molecule has 5 nitrogen and oxygen atoms in total. The minimum absolute atomic E-state index is 0.141. The van der Waals surface area contributed by atoms with E-state index in [2.05, 4.69) is 10.2 Å². The summed E-state index contributed by atoms with van der Waals surface area (Å²) >= 11 is 0. The smallest absolute Gasteiger partial charge is 0.253 e. The van der Waals surface area contributed by atoms with Crippen LogP contribution in [0.4, 0.5) is 20.2 Å². The van der Waals surface area contributed by atoms with Crippen molar-refractivity contribution in [3.8, 4) is 0 Å². The van der Waals surface area contributed by atoms with Crippen molar-refractivity contribution in [2.75, 3.05) is 36.4 Å². The number of carbonyl (C=O) groups is 2. The summed E-state index contributed by atoms with van der Waals surface area (Å²) in [4.78, 5) is 29.4. The Morgan fingerprint density at radius 1 is 0.839 bits per heavy atom. The molecule has 2 aromatic rings. The Bertz CT molecular complexity index is 934. The number of amides is 2. The Morgan fingerprint density at radius 2 is 1.48 bits per heavy atom. The van der Waals surface area contributed by atoms with Crippen LogP contribution in [0.25, 0.3) is 0 Å². The van der Waals surface area contributed by atoms with Gasteiger partial charge in [0, 0.05) is 37.7 Å². The normalized spacial score (nSPS) is 17.5. The molecule has 7 heteroatoms. The van der Waals surface area contributed by atoms with Gasteiger partial charge in [0.1, 0.15) is 11.6 Å². The molecule has 2 aliphatic rings. The van der Waals surface area contributed by atoms with E-state index >= 15 is 0 Å². The maximum absolute atomic E-state index is 13.9. The first-order chi connectivity index (χ1) is 15.0. The number of anilines is 2. The Kier molecular flexibility index (Phi) is 6.49.